The fourth-order valence-electron chi connectivity index (χ4n) is 2.83. The summed E-state index contributed by atoms with van der Waals surface area (Å²) in [4.78, 5) is 54.8. The SMILES string of the molecule is NC(Cc1cnc[nH]1)C(=O)NC(Cc1ccc(O)cc1)C(=O)NC(CO)C(=O)NCC(=O)O. The van der Waals surface area contributed by atoms with Crippen LogP contribution in [0.2, 0.25) is 0 Å². The maximum absolute atomic E-state index is 12.9. The van der Waals surface area contributed by atoms with Crippen LogP contribution in [-0.2, 0) is 32.0 Å². The number of aromatic hydroxyl groups is 1. The molecule has 0 saturated heterocycles. The van der Waals surface area contributed by atoms with Gasteiger partial charge in [0.25, 0.3) is 0 Å². The number of hydrogen-bond donors (Lipinski definition) is 8. The topological polar surface area (TPSA) is 220 Å². The first-order chi connectivity index (χ1) is 15.7. The predicted octanol–water partition coefficient (Wildman–Crippen LogP) is -2.61. The minimum atomic E-state index is -1.44. The van der Waals surface area contributed by atoms with E-state index >= 15 is 0 Å². The highest BCUT2D eigenvalue weighted by Crippen LogP contribution is 2.12. The molecule has 1 aromatic heterocycles. The molecule has 3 unspecified atom stereocenters. The van der Waals surface area contributed by atoms with E-state index in [1.54, 1.807) is 12.1 Å². The van der Waals surface area contributed by atoms with Crippen molar-refractivity contribution in [3.05, 3.63) is 48.0 Å². The molecule has 1 aromatic carbocycles. The first-order valence-electron chi connectivity index (χ1n) is 9.91. The van der Waals surface area contributed by atoms with Gasteiger partial charge < -0.3 is 42.0 Å². The number of benzene rings is 1. The summed E-state index contributed by atoms with van der Waals surface area (Å²) in [5.41, 5.74) is 7.14. The number of aromatic amines is 1. The number of aliphatic hydroxyl groups excluding tert-OH is 1. The van der Waals surface area contributed by atoms with Gasteiger partial charge in [0.2, 0.25) is 17.7 Å². The van der Waals surface area contributed by atoms with Crippen molar-refractivity contribution in [2.45, 2.75) is 31.0 Å². The molecule has 178 valence electrons. The summed E-state index contributed by atoms with van der Waals surface area (Å²) in [6, 6.07) is 2.29. The lowest BCUT2D eigenvalue weighted by molar-refractivity contribution is -0.138. The number of aliphatic hydroxyl groups is 1. The van der Waals surface area contributed by atoms with Crippen LogP contribution < -0.4 is 21.7 Å². The number of carboxylic acids is 1. The fourth-order valence-corrected chi connectivity index (χ4v) is 2.83. The number of amides is 3. The minimum absolute atomic E-state index is 0.0104. The Morgan fingerprint density at radius 3 is 2.24 bits per heavy atom. The summed E-state index contributed by atoms with van der Waals surface area (Å²) in [6.45, 7) is -1.49. The summed E-state index contributed by atoms with van der Waals surface area (Å²) in [5.74, 6) is -3.62. The molecule has 3 atom stereocenters. The van der Waals surface area contributed by atoms with Crippen molar-refractivity contribution in [2.75, 3.05) is 13.2 Å². The van der Waals surface area contributed by atoms with Gasteiger partial charge in [0, 0.05) is 24.7 Å². The van der Waals surface area contributed by atoms with Crippen molar-refractivity contribution in [1.82, 2.24) is 25.9 Å². The lowest BCUT2D eigenvalue weighted by atomic mass is 10.0. The van der Waals surface area contributed by atoms with Crippen LogP contribution in [0.1, 0.15) is 11.3 Å². The molecule has 0 aliphatic carbocycles. The quantitative estimate of drug-likeness (QED) is 0.165. The molecule has 3 amide bonds. The molecule has 0 bridgehead atoms. The average molecular weight is 462 g/mol. The molecule has 13 heteroatoms. The monoisotopic (exact) mass is 462 g/mol. The van der Waals surface area contributed by atoms with Gasteiger partial charge in [0.15, 0.2) is 0 Å². The number of carbonyl (C=O) groups excluding carboxylic acids is 3. The minimum Gasteiger partial charge on any atom is -0.508 e. The van der Waals surface area contributed by atoms with Gasteiger partial charge in [-0.2, -0.15) is 0 Å². The van der Waals surface area contributed by atoms with E-state index in [4.69, 9.17) is 10.8 Å². The number of aliphatic carboxylic acids is 1. The van der Waals surface area contributed by atoms with Gasteiger partial charge >= 0.3 is 5.97 Å². The number of nitrogens with one attached hydrogen (secondary N) is 4. The van der Waals surface area contributed by atoms with Crippen LogP contribution in [0, 0.1) is 0 Å². The Kier molecular flexibility index (Phi) is 9.32. The number of carboxylic acid groups (broad SMARTS) is 1. The molecule has 0 saturated carbocycles. The lowest BCUT2D eigenvalue weighted by Crippen LogP contribution is -2.57. The van der Waals surface area contributed by atoms with E-state index in [9.17, 15) is 29.4 Å². The van der Waals surface area contributed by atoms with Crippen molar-refractivity contribution in [3.8, 4) is 5.75 Å². The molecule has 0 aliphatic heterocycles. The Bertz CT molecular complexity index is 948. The molecule has 2 rings (SSSR count). The lowest BCUT2D eigenvalue weighted by Gasteiger charge is -2.23. The molecule has 1 heterocycles. The summed E-state index contributed by atoms with van der Waals surface area (Å²) in [5, 5.41) is 34.5. The Morgan fingerprint density at radius 2 is 1.67 bits per heavy atom. The average Bonchev–Trinajstić information content (AvgIpc) is 3.29. The zero-order valence-corrected chi connectivity index (χ0v) is 17.5. The second-order valence-electron chi connectivity index (χ2n) is 7.17. The number of carbonyl (C=O) groups is 4. The van der Waals surface area contributed by atoms with Gasteiger partial charge in [-0.15, -0.1) is 0 Å². The van der Waals surface area contributed by atoms with Gasteiger partial charge in [-0.1, -0.05) is 12.1 Å². The number of aromatic nitrogens is 2. The summed E-state index contributed by atoms with van der Waals surface area (Å²) >= 11 is 0. The number of nitrogens with two attached hydrogens (primary N) is 1. The number of rotatable bonds is 12. The second-order valence-corrected chi connectivity index (χ2v) is 7.17. The third-order valence-electron chi connectivity index (χ3n) is 4.57. The van der Waals surface area contributed by atoms with Crippen LogP contribution >= 0.6 is 0 Å². The number of hydrogen-bond acceptors (Lipinski definition) is 8. The molecule has 2 aromatic rings. The van der Waals surface area contributed by atoms with Gasteiger partial charge in [-0.05, 0) is 17.7 Å². The van der Waals surface area contributed by atoms with Gasteiger partial charge in [0.1, 0.15) is 24.4 Å². The molecule has 0 radical (unpaired) electrons. The van der Waals surface area contributed by atoms with Crippen molar-refractivity contribution in [2.24, 2.45) is 5.73 Å². The third-order valence-corrected chi connectivity index (χ3v) is 4.57. The molecule has 0 fully saturated rings. The second kappa shape index (κ2) is 12.2. The van der Waals surface area contributed by atoms with Crippen molar-refractivity contribution < 1.29 is 34.5 Å². The molecular weight excluding hydrogens is 436 g/mol. The fraction of sp³-hybridized carbons (Fsp3) is 0.350. The van der Waals surface area contributed by atoms with E-state index < -0.39 is 55.0 Å². The van der Waals surface area contributed by atoms with Gasteiger partial charge in [-0.25, -0.2) is 4.98 Å². The highest BCUT2D eigenvalue weighted by Gasteiger charge is 2.28. The largest absolute Gasteiger partial charge is 0.508 e. The van der Waals surface area contributed by atoms with E-state index in [1.165, 1.54) is 24.7 Å². The zero-order valence-electron chi connectivity index (χ0n) is 17.5. The number of phenols is 1. The van der Waals surface area contributed by atoms with Crippen molar-refractivity contribution >= 4 is 23.7 Å². The Labute approximate surface area is 188 Å². The molecule has 13 nitrogen and oxygen atoms in total. The van der Waals surface area contributed by atoms with E-state index in [1.807, 2.05) is 0 Å². The predicted molar refractivity (Wildman–Crippen MR) is 114 cm³/mol. The van der Waals surface area contributed by atoms with Crippen LogP contribution in [0.5, 0.6) is 5.75 Å². The summed E-state index contributed by atoms with van der Waals surface area (Å²) < 4.78 is 0. The Hall–Kier alpha value is -3.97. The number of H-pyrrole nitrogens is 1. The van der Waals surface area contributed by atoms with Gasteiger partial charge in [0.05, 0.1) is 19.0 Å². The van der Waals surface area contributed by atoms with Crippen LogP contribution in [0.25, 0.3) is 0 Å². The smallest absolute Gasteiger partial charge is 0.322 e. The number of imidazole rings is 1. The van der Waals surface area contributed by atoms with E-state index in [0.717, 1.165) is 0 Å². The molecule has 0 spiro atoms. The normalized spacial score (nSPS) is 13.4. The van der Waals surface area contributed by atoms with Crippen LogP contribution in [0.4, 0.5) is 0 Å². The maximum atomic E-state index is 12.9. The van der Waals surface area contributed by atoms with E-state index in [2.05, 4.69) is 25.9 Å². The Morgan fingerprint density at radius 1 is 1.00 bits per heavy atom. The highest BCUT2D eigenvalue weighted by molar-refractivity contribution is 5.93. The third kappa shape index (κ3) is 8.23. The zero-order chi connectivity index (χ0) is 24.4. The first-order valence-corrected chi connectivity index (χ1v) is 9.91. The first kappa shape index (κ1) is 25.3. The molecule has 0 aliphatic rings. The molecule has 33 heavy (non-hydrogen) atoms. The van der Waals surface area contributed by atoms with Crippen LogP contribution in [0.3, 0.4) is 0 Å². The highest BCUT2D eigenvalue weighted by atomic mass is 16.4. The van der Waals surface area contributed by atoms with E-state index in [-0.39, 0.29) is 18.6 Å². The summed E-state index contributed by atoms with van der Waals surface area (Å²) in [7, 11) is 0. The number of nitrogens with zero attached hydrogens (tertiary/aromatic N) is 1. The maximum Gasteiger partial charge on any atom is 0.322 e. The summed E-state index contributed by atoms with van der Waals surface area (Å²) in [6.07, 6.45) is 3.07. The standard InChI is InChI=1S/C20H26N6O7/c21-14(6-12-7-22-10-24-12)18(31)25-15(5-11-1-3-13(28)4-2-11)20(33)26-16(9-27)19(32)23-8-17(29)30/h1-4,7,10,14-16,27-28H,5-6,8-9,21H2,(H,22,24)(H,23,32)(H,25,31)(H,26,33)(H,29,30). The Balaban J connectivity index is 2.11. The van der Waals surface area contributed by atoms with Crippen molar-refractivity contribution in [1.29, 1.82) is 0 Å². The van der Waals surface area contributed by atoms with Gasteiger partial charge in [-0.3, -0.25) is 19.2 Å². The van der Waals surface area contributed by atoms with Crippen LogP contribution in [0.15, 0.2) is 36.8 Å². The van der Waals surface area contributed by atoms with E-state index in [0.29, 0.717) is 11.3 Å². The van der Waals surface area contributed by atoms with Crippen molar-refractivity contribution in [3.63, 3.8) is 0 Å². The molecule has 9 N–H and O–H groups in total. The number of phenolic OH excluding ortho intramolecular Hbond substituents is 1. The molecular formula is C20H26N6O7. The van der Waals surface area contributed by atoms with Crippen LogP contribution in [-0.4, -0.2) is 80.3 Å².